The Morgan fingerprint density at radius 3 is 2.53 bits per heavy atom. The second kappa shape index (κ2) is 8.23. The van der Waals surface area contributed by atoms with Gasteiger partial charge in [0.25, 0.3) is 0 Å². The maximum absolute atomic E-state index is 4.52. The molecular formula is C13H26N4. The van der Waals surface area contributed by atoms with Gasteiger partial charge in [0, 0.05) is 19.4 Å². The summed E-state index contributed by atoms with van der Waals surface area (Å²) in [6, 6.07) is 0. The first-order valence-electron chi connectivity index (χ1n) is 6.95. The molecule has 0 aromatic carbocycles. The molecule has 98 valence electrons. The molecule has 1 N–H and O–H groups in total. The summed E-state index contributed by atoms with van der Waals surface area (Å²) in [5.74, 6) is 2.11. The van der Waals surface area contributed by atoms with Crippen LogP contribution in [0.5, 0.6) is 0 Å². The Kier molecular flexibility index (Phi) is 6.86. The first kappa shape index (κ1) is 14.2. The molecule has 4 nitrogen and oxygen atoms in total. The van der Waals surface area contributed by atoms with Crippen molar-refractivity contribution in [3.05, 3.63) is 11.6 Å². The van der Waals surface area contributed by atoms with Crippen molar-refractivity contribution in [1.82, 2.24) is 20.1 Å². The van der Waals surface area contributed by atoms with Crippen molar-refractivity contribution in [3.8, 4) is 0 Å². The van der Waals surface area contributed by atoms with Crippen LogP contribution in [0.2, 0.25) is 0 Å². The molecule has 0 atom stereocenters. The van der Waals surface area contributed by atoms with E-state index < -0.39 is 0 Å². The number of hydrogen-bond acceptors (Lipinski definition) is 3. The zero-order valence-corrected chi connectivity index (χ0v) is 11.5. The highest BCUT2D eigenvalue weighted by molar-refractivity contribution is 4.92. The Labute approximate surface area is 105 Å². The van der Waals surface area contributed by atoms with Crippen molar-refractivity contribution in [2.24, 2.45) is 0 Å². The Bertz CT molecular complexity index is 306. The fourth-order valence-corrected chi connectivity index (χ4v) is 1.88. The van der Waals surface area contributed by atoms with Gasteiger partial charge in [0.15, 0.2) is 5.82 Å². The van der Waals surface area contributed by atoms with Gasteiger partial charge in [0.05, 0.1) is 0 Å². The second-order valence-electron chi connectivity index (χ2n) is 4.29. The van der Waals surface area contributed by atoms with Crippen LogP contribution in [0.4, 0.5) is 0 Å². The summed E-state index contributed by atoms with van der Waals surface area (Å²) in [5.41, 5.74) is 0. The van der Waals surface area contributed by atoms with Crippen molar-refractivity contribution < 1.29 is 0 Å². The average molecular weight is 238 g/mol. The Balaban J connectivity index is 2.28. The Morgan fingerprint density at radius 1 is 1.06 bits per heavy atom. The molecule has 1 heterocycles. The molecule has 0 amide bonds. The van der Waals surface area contributed by atoms with Crippen molar-refractivity contribution >= 4 is 0 Å². The minimum atomic E-state index is 0.931. The van der Waals surface area contributed by atoms with E-state index in [1.165, 1.54) is 19.3 Å². The third kappa shape index (κ3) is 4.86. The van der Waals surface area contributed by atoms with Crippen LogP contribution in [0.3, 0.4) is 0 Å². The number of nitrogens with one attached hydrogen (secondary N) is 1. The van der Waals surface area contributed by atoms with E-state index in [9.17, 15) is 0 Å². The van der Waals surface area contributed by atoms with E-state index in [-0.39, 0.29) is 0 Å². The van der Waals surface area contributed by atoms with E-state index in [0.717, 1.165) is 44.1 Å². The van der Waals surface area contributed by atoms with Gasteiger partial charge in [-0.2, -0.15) is 5.10 Å². The van der Waals surface area contributed by atoms with Crippen LogP contribution in [0.15, 0.2) is 0 Å². The highest BCUT2D eigenvalue weighted by atomic mass is 15.3. The Hall–Kier alpha value is -0.900. The molecule has 0 saturated carbocycles. The zero-order valence-electron chi connectivity index (χ0n) is 11.5. The predicted molar refractivity (Wildman–Crippen MR) is 71.2 cm³/mol. The van der Waals surface area contributed by atoms with E-state index >= 15 is 0 Å². The van der Waals surface area contributed by atoms with Crippen molar-refractivity contribution in [1.29, 1.82) is 0 Å². The monoisotopic (exact) mass is 238 g/mol. The molecule has 0 bridgehead atoms. The number of hydrogen-bond donors (Lipinski definition) is 1. The van der Waals surface area contributed by atoms with Gasteiger partial charge < -0.3 is 5.32 Å². The van der Waals surface area contributed by atoms with Crippen molar-refractivity contribution in [3.63, 3.8) is 0 Å². The Morgan fingerprint density at radius 2 is 1.88 bits per heavy atom. The second-order valence-corrected chi connectivity index (χ2v) is 4.29. The molecule has 0 fully saturated rings. The van der Waals surface area contributed by atoms with Crippen molar-refractivity contribution in [2.75, 3.05) is 13.1 Å². The summed E-state index contributed by atoms with van der Waals surface area (Å²) in [5, 5.41) is 7.87. The molecule has 1 aromatic heterocycles. The normalized spacial score (nSPS) is 11.0. The van der Waals surface area contributed by atoms with Crippen LogP contribution < -0.4 is 5.32 Å². The smallest absolute Gasteiger partial charge is 0.150 e. The van der Waals surface area contributed by atoms with Crippen LogP contribution in [-0.4, -0.2) is 27.9 Å². The lowest BCUT2D eigenvalue weighted by atomic mass is 10.2. The lowest BCUT2D eigenvalue weighted by Crippen LogP contribution is -2.14. The standard InChI is InChI=1S/C13H26N4/c1-4-12-15-13(5-2)17(16-12)11-9-7-8-10-14-6-3/h14H,4-11H2,1-3H3. The van der Waals surface area contributed by atoms with Gasteiger partial charge in [0.1, 0.15) is 5.82 Å². The molecule has 0 unspecified atom stereocenters. The van der Waals surface area contributed by atoms with Gasteiger partial charge in [-0.3, -0.25) is 0 Å². The van der Waals surface area contributed by atoms with Gasteiger partial charge in [-0.1, -0.05) is 27.2 Å². The maximum Gasteiger partial charge on any atom is 0.150 e. The molecule has 1 aromatic rings. The summed E-state index contributed by atoms with van der Waals surface area (Å²) >= 11 is 0. The maximum atomic E-state index is 4.52. The van der Waals surface area contributed by atoms with Crippen LogP contribution in [0.1, 0.15) is 51.7 Å². The van der Waals surface area contributed by atoms with E-state index in [2.05, 4.69) is 40.9 Å². The first-order chi connectivity index (χ1) is 8.31. The molecule has 1 rings (SSSR count). The highest BCUT2D eigenvalue weighted by Crippen LogP contribution is 2.04. The van der Waals surface area contributed by atoms with E-state index in [1.54, 1.807) is 0 Å². The molecular weight excluding hydrogens is 212 g/mol. The van der Waals surface area contributed by atoms with E-state index in [0.29, 0.717) is 0 Å². The molecule has 0 aliphatic rings. The lowest BCUT2D eigenvalue weighted by molar-refractivity contribution is 0.514. The van der Waals surface area contributed by atoms with Gasteiger partial charge >= 0.3 is 0 Å². The number of rotatable bonds is 9. The molecule has 0 saturated heterocycles. The molecule has 0 aliphatic heterocycles. The third-order valence-electron chi connectivity index (χ3n) is 2.90. The van der Waals surface area contributed by atoms with Crippen LogP contribution in [-0.2, 0) is 19.4 Å². The summed E-state index contributed by atoms with van der Waals surface area (Å²) in [4.78, 5) is 4.52. The van der Waals surface area contributed by atoms with E-state index in [1.807, 2.05) is 0 Å². The number of unbranched alkanes of at least 4 members (excludes halogenated alkanes) is 2. The minimum Gasteiger partial charge on any atom is -0.317 e. The fraction of sp³-hybridized carbons (Fsp3) is 0.846. The fourth-order valence-electron chi connectivity index (χ4n) is 1.88. The summed E-state index contributed by atoms with van der Waals surface area (Å²) < 4.78 is 2.09. The quantitative estimate of drug-likeness (QED) is 0.671. The average Bonchev–Trinajstić information content (AvgIpc) is 2.76. The lowest BCUT2D eigenvalue weighted by Gasteiger charge is -2.04. The molecule has 17 heavy (non-hydrogen) atoms. The summed E-state index contributed by atoms with van der Waals surface area (Å²) in [6.07, 6.45) is 5.62. The zero-order chi connectivity index (χ0) is 12.5. The van der Waals surface area contributed by atoms with E-state index in [4.69, 9.17) is 0 Å². The molecule has 4 heteroatoms. The number of aryl methyl sites for hydroxylation is 3. The van der Waals surface area contributed by atoms with Crippen LogP contribution in [0.25, 0.3) is 0 Å². The third-order valence-corrected chi connectivity index (χ3v) is 2.90. The topological polar surface area (TPSA) is 42.7 Å². The van der Waals surface area contributed by atoms with Crippen LogP contribution in [0, 0.1) is 0 Å². The van der Waals surface area contributed by atoms with Gasteiger partial charge in [-0.25, -0.2) is 9.67 Å². The SMILES string of the molecule is CCNCCCCCn1nc(CC)nc1CC. The molecule has 0 aliphatic carbocycles. The minimum absolute atomic E-state index is 0.931. The molecule has 0 spiro atoms. The van der Waals surface area contributed by atoms with Gasteiger partial charge in [-0.05, 0) is 25.9 Å². The van der Waals surface area contributed by atoms with Crippen LogP contribution >= 0.6 is 0 Å². The number of nitrogens with zero attached hydrogens (tertiary/aromatic N) is 3. The van der Waals surface area contributed by atoms with Crippen molar-refractivity contribution in [2.45, 2.75) is 59.4 Å². The first-order valence-corrected chi connectivity index (χ1v) is 6.95. The largest absolute Gasteiger partial charge is 0.317 e. The highest BCUT2D eigenvalue weighted by Gasteiger charge is 2.05. The molecule has 0 radical (unpaired) electrons. The summed E-state index contributed by atoms with van der Waals surface area (Å²) in [6.45, 7) is 9.62. The van der Waals surface area contributed by atoms with Gasteiger partial charge in [0.2, 0.25) is 0 Å². The predicted octanol–water partition coefficient (Wildman–Crippen LogP) is 2.18. The number of aromatic nitrogens is 3. The van der Waals surface area contributed by atoms with Gasteiger partial charge in [-0.15, -0.1) is 0 Å². The summed E-state index contributed by atoms with van der Waals surface area (Å²) in [7, 11) is 0.